The van der Waals surface area contributed by atoms with Gasteiger partial charge in [-0.1, -0.05) is 23.2 Å². The number of carbonyl (C=O) groups excluding carboxylic acids is 1. The number of halogens is 2. The van der Waals surface area contributed by atoms with Crippen LogP contribution in [0.5, 0.6) is 5.75 Å². The molecule has 1 saturated heterocycles. The zero-order valence-corrected chi connectivity index (χ0v) is 16.6. The van der Waals surface area contributed by atoms with Crippen LogP contribution in [0.4, 0.5) is 5.69 Å². The summed E-state index contributed by atoms with van der Waals surface area (Å²) in [7, 11) is -3.79. The van der Waals surface area contributed by atoms with E-state index < -0.39 is 10.0 Å². The maximum Gasteiger partial charge on any atom is 0.261 e. The molecule has 3 rings (SSSR count). The van der Waals surface area contributed by atoms with Gasteiger partial charge in [-0.3, -0.25) is 9.52 Å². The second kappa shape index (κ2) is 8.37. The number of nitrogens with one attached hydrogen (secondary N) is 1. The SMILES string of the molecule is O=C(COc1ccc(S(=O)(=O)Nc2ccc(Cl)c(Cl)c2)cc1)N1CCCC1. The lowest BCUT2D eigenvalue weighted by atomic mass is 10.3. The molecule has 0 aliphatic carbocycles. The standard InChI is InChI=1S/C18H18Cl2N2O4S/c19-16-8-3-13(11-17(16)20)21-27(24,25)15-6-4-14(5-7-15)26-12-18(23)22-9-1-2-10-22/h3-8,11,21H,1-2,9-10,12H2. The van der Waals surface area contributed by atoms with Crippen molar-refractivity contribution in [1.29, 1.82) is 0 Å². The van der Waals surface area contributed by atoms with Crippen molar-refractivity contribution >= 4 is 44.8 Å². The van der Waals surface area contributed by atoms with Gasteiger partial charge in [0, 0.05) is 13.1 Å². The zero-order chi connectivity index (χ0) is 19.4. The summed E-state index contributed by atoms with van der Waals surface area (Å²) in [5.41, 5.74) is 0.306. The van der Waals surface area contributed by atoms with Crippen LogP contribution in [-0.4, -0.2) is 38.9 Å². The molecule has 1 aliphatic rings. The van der Waals surface area contributed by atoms with E-state index in [2.05, 4.69) is 4.72 Å². The summed E-state index contributed by atoms with van der Waals surface area (Å²) in [4.78, 5) is 13.8. The van der Waals surface area contributed by atoms with Crippen molar-refractivity contribution in [1.82, 2.24) is 4.90 Å². The van der Waals surface area contributed by atoms with E-state index in [-0.39, 0.29) is 22.4 Å². The summed E-state index contributed by atoms with van der Waals surface area (Å²) in [6.07, 6.45) is 2.04. The van der Waals surface area contributed by atoms with Crippen LogP contribution in [0.3, 0.4) is 0 Å². The molecule has 9 heteroatoms. The van der Waals surface area contributed by atoms with Gasteiger partial charge >= 0.3 is 0 Å². The number of hydrogen-bond acceptors (Lipinski definition) is 4. The molecule has 0 aromatic heterocycles. The summed E-state index contributed by atoms with van der Waals surface area (Å²) < 4.78 is 32.8. The number of ether oxygens (including phenoxy) is 1. The van der Waals surface area contributed by atoms with Gasteiger partial charge in [-0.25, -0.2) is 8.42 Å². The summed E-state index contributed by atoms with van der Waals surface area (Å²) in [6, 6.07) is 10.3. The molecule has 2 aromatic carbocycles. The molecular formula is C18H18Cl2N2O4S. The van der Waals surface area contributed by atoms with Crippen LogP contribution in [-0.2, 0) is 14.8 Å². The van der Waals surface area contributed by atoms with E-state index in [1.54, 1.807) is 4.90 Å². The zero-order valence-electron chi connectivity index (χ0n) is 14.3. The van der Waals surface area contributed by atoms with Crippen LogP contribution < -0.4 is 9.46 Å². The smallest absolute Gasteiger partial charge is 0.261 e. The molecule has 1 fully saturated rings. The molecule has 2 aromatic rings. The molecular weight excluding hydrogens is 411 g/mol. The molecule has 1 amide bonds. The summed E-state index contributed by atoms with van der Waals surface area (Å²) in [6.45, 7) is 1.47. The van der Waals surface area contributed by atoms with Crippen molar-refractivity contribution < 1.29 is 17.9 Å². The Morgan fingerprint density at radius 3 is 2.33 bits per heavy atom. The van der Waals surface area contributed by atoms with Gasteiger partial charge in [-0.2, -0.15) is 0 Å². The highest BCUT2D eigenvalue weighted by atomic mass is 35.5. The lowest BCUT2D eigenvalue weighted by Crippen LogP contribution is -2.32. The lowest BCUT2D eigenvalue weighted by molar-refractivity contribution is -0.132. The van der Waals surface area contributed by atoms with Gasteiger partial charge in [-0.05, 0) is 55.3 Å². The van der Waals surface area contributed by atoms with Crippen LogP contribution >= 0.6 is 23.2 Å². The maximum absolute atomic E-state index is 12.5. The third kappa shape index (κ3) is 5.06. The van der Waals surface area contributed by atoms with Crippen molar-refractivity contribution in [2.75, 3.05) is 24.4 Å². The quantitative estimate of drug-likeness (QED) is 0.758. The molecule has 0 spiro atoms. The first-order chi connectivity index (χ1) is 12.8. The Hall–Kier alpha value is -1.96. The van der Waals surface area contributed by atoms with E-state index in [4.69, 9.17) is 27.9 Å². The lowest BCUT2D eigenvalue weighted by Gasteiger charge is -2.15. The van der Waals surface area contributed by atoms with Crippen LogP contribution in [0.2, 0.25) is 10.0 Å². The fraction of sp³-hybridized carbons (Fsp3) is 0.278. The first-order valence-corrected chi connectivity index (χ1v) is 10.6. The number of rotatable bonds is 6. The summed E-state index contributed by atoms with van der Waals surface area (Å²) >= 11 is 11.7. The van der Waals surface area contributed by atoms with Crippen LogP contribution in [0.1, 0.15) is 12.8 Å². The minimum atomic E-state index is -3.79. The highest BCUT2D eigenvalue weighted by Crippen LogP contribution is 2.27. The number of hydrogen-bond donors (Lipinski definition) is 1. The predicted octanol–water partition coefficient (Wildman–Crippen LogP) is 3.80. The van der Waals surface area contributed by atoms with Crippen molar-refractivity contribution in [3.8, 4) is 5.75 Å². The number of likely N-dealkylation sites (tertiary alicyclic amines) is 1. The summed E-state index contributed by atoms with van der Waals surface area (Å²) in [5.74, 6) is 0.363. The van der Waals surface area contributed by atoms with E-state index in [1.165, 1.54) is 42.5 Å². The van der Waals surface area contributed by atoms with E-state index in [1.807, 2.05) is 0 Å². The van der Waals surface area contributed by atoms with Crippen LogP contribution in [0, 0.1) is 0 Å². The summed E-state index contributed by atoms with van der Waals surface area (Å²) in [5, 5.41) is 0.591. The Labute approximate surface area is 168 Å². The van der Waals surface area contributed by atoms with Crippen LogP contribution in [0.25, 0.3) is 0 Å². The number of benzene rings is 2. The first-order valence-electron chi connectivity index (χ1n) is 8.34. The molecule has 0 atom stereocenters. The van der Waals surface area contributed by atoms with Crippen molar-refractivity contribution in [3.05, 3.63) is 52.5 Å². The molecule has 0 saturated carbocycles. The van der Waals surface area contributed by atoms with Crippen molar-refractivity contribution in [2.45, 2.75) is 17.7 Å². The first kappa shape index (κ1) is 19.8. The monoisotopic (exact) mass is 428 g/mol. The van der Waals surface area contributed by atoms with Crippen molar-refractivity contribution in [2.24, 2.45) is 0 Å². The Kier molecular flexibility index (Phi) is 6.14. The van der Waals surface area contributed by atoms with Gasteiger partial charge in [0.15, 0.2) is 6.61 Å². The molecule has 1 heterocycles. The number of carbonyl (C=O) groups is 1. The van der Waals surface area contributed by atoms with Gasteiger partial charge in [0.25, 0.3) is 15.9 Å². The van der Waals surface area contributed by atoms with Gasteiger partial charge in [0.1, 0.15) is 5.75 Å². The molecule has 0 bridgehead atoms. The van der Waals surface area contributed by atoms with E-state index in [0.29, 0.717) is 16.5 Å². The third-order valence-corrected chi connectivity index (χ3v) is 6.26. The van der Waals surface area contributed by atoms with Crippen LogP contribution in [0.15, 0.2) is 47.4 Å². The fourth-order valence-corrected chi connectivity index (χ4v) is 4.04. The van der Waals surface area contributed by atoms with Gasteiger partial charge in [0.05, 0.1) is 20.6 Å². The molecule has 1 N–H and O–H groups in total. The van der Waals surface area contributed by atoms with Crippen molar-refractivity contribution in [3.63, 3.8) is 0 Å². The topological polar surface area (TPSA) is 75.7 Å². The second-order valence-corrected chi connectivity index (χ2v) is 8.58. The molecule has 0 unspecified atom stereocenters. The fourth-order valence-electron chi connectivity index (χ4n) is 2.69. The Balaban J connectivity index is 1.62. The Morgan fingerprint density at radius 1 is 1.04 bits per heavy atom. The number of amides is 1. The number of anilines is 1. The number of sulfonamides is 1. The molecule has 6 nitrogen and oxygen atoms in total. The highest BCUT2D eigenvalue weighted by molar-refractivity contribution is 7.92. The second-order valence-electron chi connectivity index (χ2n) is 6.08. The van der Waals surface area contributed by atoms with Gasteiger partial charge < -0.3 is 9.64 Å². The Bertz CT molecular complexity index is 927. The normalized spacial score (nSPS) is 14.2. The average Bonchev–Trinajstić information content (AvgIpc) is 3.18. The number of nitrogens with zero attached hydrogens (tertiary/aromatic N) is 1. The minimum absolute atomic E-state index is 0.0618. The largest absolute Gasteiger partial charge is 0.484 e. The minimum Gasteiger partial charge on any atom is -0.484 e. The van der Waals surface area contributed by atoms with Gasteiger partial charge in [-0.15, -0.1) is 0 Å². The van der Waals surface area contributed by atoms with E-state index in [9.17, 15) is 13.2 Å². The highest BCUT2D eigenvalue weighted by Gasteiger charge is 2.19. The third-order valence-electron chi connectivity index (χ3n) is 4.13. The molecule has 27 heavy (non-hydrogen) atoms. The maximum atomic E-state index is 12.5. The van der Waals surface area contributed by atoms with E-state index in [0.717, 1.165) is 25.9 Å². The molecule has 1 aliphatic heterocycles. The molecule has 0 radical (unpaired) electrons. The Morgan fingerprint density at radius 2 is 1.70 bits per heavy atom. The van der Waals surface area contributed by atoms with Gasteiger partial charge in [0.2, 0.25) is 0 Å². The predicted molar refractivity (Wildman–Crippen MR) is 105 cm³/mol. The molecule has 144 valence electrons. The van der Waals surface area contributed by atoms with E-state index >= 15 is 0 Å². The average molecular weight is 429 g/mol.